The lowest BCUT2D eigenvalue weighted by atomic mass is 9.94. The molecule has 1 heterocycles. The maximum Gasteiger partial charge on any atom is 0.200 e. The number of hydrogen-bond donors (Lipinski definition) is 1. The Morgan fingerprint density at radius 2 is 1.28 bits per heavy atom. The number of phenolic OH excluding ortho intramolecular Hbond substituents is 1. The van der Waals surface area contributed by atoms with Gasteiger partial charge in [-0.25, -0.2) is 13.2 Å². The third-order valence-electron chi connectivity index (χ3n) is 5.39. The van der Waals surface area contributed by atoms with Crippen LogP contribution in [0.1, 0.15) is 18.4 Å². The second-order valence-corrected chi connectivity index (χ2v) is 7.43. The number of benzene rings is 3. The van der Waals surface area contributed by atoms with Crippen LogP contribution in [-0.4, -0.2) is 24.6 Å². The lowest BCUT2D eigenvalue weighted by Gasteiger charge is -2.28. The molecule has 0 spiro atoms. The van der Waals surface area contributed by atoms with Gasteiger partial charge in [-0.1, -0.05) is 42.5 Å². The molecule has 7 heteroatoms. The maximum absolute atomic E-state index is 14.9. The number of rotatable bonds is 4. The topological polar surface area (TPSA) is 38.7 Å². The molecule has 1 aliphatic rings. The largest absolute Gasteiger partial charge is 0.505 e. The highest BCUT2D eigenvalue weighted by molar-refractivity contribution is 5.71. The van der Waals surface area contributed by atoms with Gasteiger partial charge in [0, 0.05) is 17.0 Å². The van der Waals surface area contributed by atoms with Crippen LogP contribution in [0.25, 0.3) is 22.3 Å². The van der Waals surface area contributed by atoms with E-state index in [9.17, 15) is 22.7 Å². The van der Waals surface area contributed by atoms with Crippen LogP contribution in [0, 0.1) is 23.3 Å². The second kappa shape index (κ2) is 9.14. The van der Waals surface area contributed by atoms with Crippen LogP contribution in [0.15, 0.2) is 60.7 Å². The SMILES string of the molecule is C/C=C/C1OCC(c2ccc(-c3ccc(-c4ccc(O)c(F)c4F)cc3)c(F)c2F)CO1. The predicted octanol–water partition coefficient (Wildman–Crippen LogP) is 6.32. The van der Waals surface area contributed by atoms with Gasteiger partial charge in [0.05, 0.1) is 13.2 Å². The van der Waals surface area contributed by atoms with Crippen molar-refractivity contribution in [1.29, 1.82) is 0 Å². The van der Waals surface area contributed by atoms with Gasteiger partial charge >= 0.3 is 0 Å². The third-order valence-corrected chi connectivity index (χ3v) is 5.39. The average Bonchev–Trinajstić information content (AvgIpc) is 2.81. The summed E-state index contributed by atoms with van der Waals surface area (Å²) >= 11 is 0. The molecule has 0 atom stereocenters. The first-order valence-electron chi connectivity index (χ1n) is 10.0. The van der Waals surface area contributed by atoms with Crippen molar-refractivity contribution in [2.45, 2.75) is 19.1 Å². The van der Waals surface area contributed by atoms with Crippen molar-refractivity contribution in [2.24, 2.45) is 0 Å². The highest BCUT2D eigenvalue weighted by Crippen LogP contribution is 2.34. The summed E-state index contributed by atoms with van der Waals surface area (Å²) in [7, 11) is 0. The molecule has 0 saturated carbocycles. The van der Waals surface area contributed by atoms with Crippen LogP contribution in [-0.2, 0) is 9.47 Å². The molecule has 0 unspecified atom stereocenters. The normalized spacial score (nSPS) is 18.9. The fourth-order valence-electron chi connectivity index (χ4n) is 3.66. The number of aromatic hydroxyl groups is 1. The maximum atomic E-state index is 14.9. The van der Waals surface area contributed by atoms with Crippen LogP contribution < -0.4 is 0 Å². The van der Waals surface area contributed by atoms with Crippen LogP contribution in [0.2, 0.25) is 0 Å². The Bertz CT molecular complexity index is 1150. The first-order valence-corrected chi connectivity index (χ1v) is 10.0. The summed E-state index contributed by atoms with van der Waals surface area (Å²) in [5, 5.41) is 9.26. The second-order valence-electron chi connectivity index (χ2n) is 7.43. The molecule has 0 amide bonds. The Balaban J connectivity index is 1.58. The van der Waals surface area contributed by atoms with Crippen molar-refractivity contribution in [3.8, 4) is 28.0 Å². The van der Waals surface area contributed by atoms with E-state index < -0.39 is 41.2 Å². The minimum atomic E-state index is -1.34. The van der Waals surface area contributed by atoms with Gasteiger partial charge in [0.1, 0.15) is 0 Å². The molecule has 1 aliphatic heterocycles. The van der Waals surface area contributed by atoms with Gasteiger partial charge in [0.15, 0.2) is 29.5 Å². The minimum absolute atomic E-state index is 0.0413. The molecule has 0 radical (unpaired) electrons. The molecule has 3 aromatic rings. The van der Waals surface area contributed by atoms with Gasteiger partial charge in [0.25, 0.3) is 0 Å². The predicted molar refractivity (Wildman–Crippen MR) is 112 cm³/mol. The lowest BCUT2D eigenvalue weighted by Crippen LogP contribution is -2.30. The summed E-state index contributed by atoms with van der Waals surface area (Å²) in [6.07, 6.45) is 3.03. The van der Waals surface area contributed by atoms with Gasteiger partial charge in [-0.15, -0.1) is 0 Å². The quantitative estimate of drug-likeness (QED) is 0.378. The van der Waals surface area contributed by atoms with Gasteiger partial charge in [0.2, 0.25) is 5.82 Å². The highest BCUT2D eigenvalue weighted by Gasteiger charge is 2.26. The summed E-state index contributed by atoms with van der Waals surface area (Å²) in [4.78, 5) is 0. The average molecular weight is 444 g/mol. The Labute approximate surface area is 182 Å². The monoisotopic (exact) mass is 444 g/mol. The summed E-state index contributed by atoms with van der Waals surface area (Å²) in [5.74, 6) is -5.73. The summed E-state index contributed by atoms with van der Waals surface area (Å²) < 4.78 is 68.5. The van der Waals surface area contributed by atoms with E-state index in [2.05, 4.69) is 0 Å². The Morgan fingerprint density at radius 3 is 1.84 bits per heavy atom. The zero-order valence-corrected chi connectivity index (χ0v) is 17.1. The molecular weight excluding hydrogens is 424 g/mol. The molecule has 1 N–H and O–H groups in total. The summed E-state index contributed by atoms with van der Waals surface area (Å²) in [6, 6.07) is 11.2. The number of ether oxygens (including phenoxy) is 2. The van der Waals surface area contributed by atoms with E-state index in [1.807, 2.05) is 6.92 Å². The Kier molecular flexibility index (Phi) is 6.30. The molecule has 3 aromatic carbocycles. The Hall–Kier alpha value is -3.16. The molecule has 1 saturated heterocycles. The third kappa shape index (κ3) is 4.13. The number of phenols is 1. The first-order chi connectivity index (χ1) is 15.4. The fourth-order valence-corrected chi connectivity index (χ4v) is 3.66. The molecule has 0 aromatic heterocycles. The van der Waals surface area contributed by atoms with Crippen molar-refractivity contribution >= 4 is 0 Å². The van der Waals surface area contributed by atoms with Gasteiger partial charge in [-0.3, -0.25) is 0 Å². The number of hydrogen-bond acceptors (Lipinski definition) is 3. The van der Waals surface area contributed by atoms with Crippen LogP contribution >= 0.6 is 0 Å². The van der Waals surface area contributed by atoms with Gasteiger partial charge in [-0.05, 0) is 41.8 Å². The van der Waals surface area contributed by atoms with Crippen molar-refractivity contribution in [2.75, 3.05) is 13.2 Å². The van der Waals surface area contributed by atoms with E-state index in [-0.39, 0.29) is 29.9 Å². The van der Waals surface area contributed by atoms with E-state index in [0.29, 0.717) is 11.1 Å². The molecule has 32 heavy (non-hydrogen) atoms. The number of allylic oxidation sites excluding steroid dienone is 1. The fraction of sp³-hybridized carbons (Fsp3) is 0.200. The highest BCUT2D eigenvalue weighted by atomic mass is 19.2. The smallest absolute Gasteiger partial charge is 0.200 e. The van der Waals surface area contributed by atoms with Crippen LogP contribution in [0.4, 0.5) is 17.6 Å². The molecule has 1 fully saturated rings. The summed E-state index contributed by atoms with van der Waals surface area (Å²) in [5.41, 5.74) is 0.862. The van der Waals surface area contributed by atoms with Gasteiger partial charge in [-0.2, -0.15) is 4.39 Å². The molecule has 0 aliphatic carbocycles. The van der Waals surface area contributed by atoms with E-state index in [1.165, 1.54) is 42.5 Å². The van der Waals surface area contributed by atoms with E-state index in [1.54, 1.807) is 12.2 Å². The van der Waals surface area contributed by atoms with Crippen molar-refractivity contribution in [3.63, 3.8) is 0 Å². The number of halogens is 4. The molecule has 0 bridgehead atoms. The first kappa shape index (κ1) is 22.0. The van der Waals surface area contributed by atoms with Crippen LogP contribution in [0.3, 0.4) is 0 Å². The van der Waals surface area contributed by atoms with E-state index in [0.717, 1.165) is 6.07 Å². The molecule has 166 valence electrons. The van der Waals surface area contributed by atoms with E-state index >= 15 is 0 Å². The van der Waals surface area contributed by atoms with Crippen molar-refractivity contribution < 1.29 is 32.1 Å². The molecular formula is C25H20F4O3. The minimum Gasteiger partial charge on any atom is -0.505 e. The van der Waals surface area contributed by atoms with E-state index in [4.69, 9.17) is 9.47 Å². The summed E-state index contributed by atoms with van der Waals surface area (Å²) in [6.45, 7) is 2.24. The molecule has 3 nitrogen and oxygen atoms in total. The van der Waals surface area contributed by atoms with Crippen molar-refractivity contribution in [3.05, 3.63) is 89.5 Å². The van der Waals surface area contributed by atoms with Crippen molar-refractivity contribution in [1.82, 2.24) is 0 Å². The zero-order valence-electron chi connectivity index (χ0n) is 17.1. The molecule has 4 rings (SSSR count). The standard InChI is InChI=1S/C25H20F4O3/c1-2-3-21-31-12-16(13-32-21)19-9-8-17(22(26)23(19)27)14-4-6-15(7-5-14)18-10-11-20(30)25(29)24(18)28/h2-11,16,21,30H,12-13H2,1H3/b3-2+. The Morgan fingerprint density at radius 1 is 0.750 bits per heavy atom. The lowest BCUT2D eigenvalue weighted by molar-refractivity contribution is -0.159. The van der Waals surface area contributed by atoms with Crippen LogP contribution in [0.5, 0.6) is 5.75 Å². The van der Waals surface area contributed by atoms with Gasteiger partial charge < -0.3 is 14.6 Å². The zero-order chi connectivity index (χ0) is 22.8.